The summed E-state index contributed by atoms with van der Waals surface area (Å²) in [5.74, 6) is -1.25. The Morgan fingerprint density at radius 2 is 1.86 bits per heavy atom. The van der Waals surface area contributed by atoms with E-state index in [1.54, 1.807) is 36.5 Å². The molecular formula is C22H19F3N4O6. The molecule has 1 aliphatic rings. The number of para-hydroxylation sites is 2. The summed E-state index contributed by atoms with van der Waals surface area (Å²) < 4.78 is 48.5. The van der Waals surface area contributed by atoms with Crippen molar-refractivity contribution in [2.75, 3.05) is 24.8 Å². The monoisotopic (exact) mass is 492 g/mol. The molecule has 184 valence electrons. The second-order valence-electron chi connectivity index (χ2n) is 6.87. The van der Waals surface area contributed by atoms with Crippen molar-refractivity contribution < 1.29 is 42.1 Å². The average molecular weight is 492 g/mol. The molecule has 35 heavy (non-hydrogen) atoms. The van der Waals surface area contributed by atoms with Gasteiger partial charge < -0.3 is 30.4 Å². The summed E-state index contributed by atoms with van der Waals surface area (Å²) >= 11 is 0. The first-order chi connectivity index (χ1) is 16.6. The topological polar surface area (TPSA) is 146 Å². The maximum Gasteiger partial charge on any atom is 0.490 e. The maximum absolute atomic E-state index is 12.6. The lowest BCUT2D eigenvalue weighted by atomic mass is 10.1. The summed E-state index contributed by atoms with van der Waals surface area (Å²) in [7, 11) is 1.53. The Kier molecular flexibility index (Phi) is 7.59. The van der Waals surface area contributed by atoms with Crippen molar-refractivity contribution in [1.82, 2.24) is 9.97 Å². The van der Waals surface area contributed by atoms with Crippen LogP contribution in [0.2, 0.25) is 0 Å². The van der Waals surface area contributed by atoms with Crippen LogP contribution in [0.4, 0.5) is 24.8 Å². The van der Waals surface area contributed by atoms with Gasteiger partial charge in [-0.25, -0.2) is 14.8 Å². The minimum absolute atomic E-state index is 0.128. The van der Waals surface area contributed by atoms with Crippen molar-refractivity contribution in [2.24, 2.45) is 0 Å². The van der Waals surface area contributed by atoms with Gasteiger partial charge in [-0.2, -0.15) is 13.2 Å². The number of hydrogen-bond acceptors (Lipinski definition) is 8. The Labute approximate surface area is 196 Å². The number of carboxylic acids is 1. The van der Waals surface area contributed by atoms with Crippen LogP contribution in [-0.2, 0) is 9.59 Å². The fourth-order valence-corrected chi connectivity index (χ4v) is 2.85. The fourth-order valence-electron chi connectivity index (χ4n) is 2.85. The number of amides is 1. The van der Waals surface area contributed by atoms with E-state index in [-0.39, 0.29) is 18.5 Å². The number of nitrogens with one attached hydrogen (secondary N) is 1. The highest BCUT2D eigenvalue weighted by molar-refractivity contribution is 5.96. The van der Waals surface area contributed by atoms with E-state index < -0.39 is 18.2 Å². The van der Waals surface area contributed by atoms with Crippen molar-refractivity contribution in [3.05, 3.63) is 54.7 Å². The molecule has 3 aromatic rings. The number of hydrogen-bond donors (Lipinski definition) is 3. The number of fused-ring (bicyclic) bond motifs is 1. The Morgan fingerprint density at radius 3 is 2.49 bits per heavy atom. The highest BCUT2D eigenvalue weighted by Gasteiger charge is 2.38. The molecule has 0 bridgehead atoms. The summed E-state index contributed by atoms with van der Waals surface area (Å²) in [5.41, 5.74) is 7.60. The molecule has 1 atom stereocenters. The van der Waals surface area contributed by atoms with Gasteiger partial charge in [0.05, 0.1) is 18.5 Å². The second-order valence-corrected chi connectivity index (χ2v) is 6.87. The van der Waals surface area contributed by atoms with E-state index in [4.69, 9.17) is 29.8 Å². The number of benzene rings is 2. The molecule has 0 spiro atoms. The molecule has 2 heterocycles. The van der Waals surface area contributed by atoms with E-state index in [9.17, 15) is 18.0 Å². The third-order valence-corrected chi connectivity index (χ3v) is 4.47. The highest BCUT2D eigenvalue weighted by Crippen LogP contribution is 2.33. The number of nitrogens with two attached hydrogens (primary N) is 1. The fraction of sp³-hybridized carbons (Fsp3) is 0.182. The van der Waals surface area contributed by atoms with Crippen LogP contribution in [0, 0.1) is 0 Å². The van der Waals surface area contributed by atoms with Gasteiger partial charge in [0.1, 0.15) is 12.4 Å². The van der Waals surface area contributed by atoms with Crippen molar-refractivity contribution in [3.8, 4) is 28.5 Å². The number of nitrogen functional groups attached to an aromatic ring is 1. The predicted octanol–water partition coefficient (Wildman–Crippen LogP) is 3.15. The summed E-state index contributed by atoms with van der Waals surface area (Å²) in [6.45, 7) is 0.128. The molecule has 0 saturated heterocycles. The lowest BCUT2D eigenvalue weighted by Crippen LogP contribution is -2.40. The van der Waals surface area contributed by atoms with Crippen molar-refractivity contribution in [2.45, 2.75) is 12.3 Å². The van der Waals surface area contributed by atoms with E-state index in [0.29, 0.717) is 28.6 Å². The zero-order chi connectivity index (χ0) is 25.6. The summed E-state index contributed by atoms with van der Waals surface area (Å²) in [5, 5.41) is 9.95. The van der Waals surface area contributed by atoms with Gasteiger partial charge in [-0.3, -0.25) is 4.79 Å². The van der Waals surface area contributed by atoms with Crippen molar-refractivity contribution in [1.29, 1.82) is 0 Å². The smallest absolute Gasteiger partial charge is 0.490 e. The Hall–Kier alpha value is -4.55. The van der Waals surface area contributed by atoms with Crippen LogP contribution in [0.1, 0.15) is 0 Å². The molecule has 0 radical (unpaired) electrons. The molecule has 13 heteroatoms. The Balaban J connectivity index is 0.000000429. The molecule has 4 rings (SSSR count). The van der Waals surface area contributed by atoms with Gasteiger partial charge in [0.25, 0.3) is 5.91 Å². The van der Waals surface area contributed by atoms with Crippen molar-refractivity contribution in [3.63, 3.8) is 0 Å². The van der Waals surface area contributed by atoms with Crippen LogP contribution < -0.4 is 25.3 Å². The minimum Gasteiger partial charge on any atom is -0.495 e. The van der Waals surface area contributed by atoms with Crippen LogP contribution in [0.15, 0.2) is 54.7 Å². The van der Waals surface area contributed by atoms with Gasteiger partial charge in [0.2, 0.25) is 12.1 Å². The SMILES string of the molecule is COc1cc(-c2ccnc(N)n2)ccc1NC(=O)[C@H]1COc2ccccc2O1.O=C(O)C(F)(F)F. The maximum atomic E-state index is 12.6. The number of rotatable bonds is 4. The number of nitrogens with zero attached hydrogens (tertiary/aromatic N) is 2. The largest absolute Gasteiger partial charge is 0.495 e. The zero-order valence-corrected chi connectivity index (χ0v) is 18.1. The first-order valence-electron chi connectivity index (χ1n) is 9.85. The first-order valence-corrected chi connectivity index (χ1v) is 9.85. The van der Waals surface area contributed by atoms with Gasteiger partial charge in [0, 0.05) is 11.8 Å². The van der Waals surface area contributed by atoms with Crippen LogP contribution in [-0.4, -0.2) is 52.9 Å². The van der Waals surface area contributed by atoms with Gasteiger partial charge in [-0.15, -0.1) is 0 Å². The van der Waals surface area contributed by atoms with Crippen LogP contribution >= 0.6 is 0 Å². The van der Waals surface area contributed by atoms with Gasteiger partial charge in [0.15, 0.2) is 11.5 Å². The molecule has 1 amide bonds. The zero-order valence-electron chi connectivity index (χ0n) is 18.1. The number of carboxylic acid groups (broad SMARTS) is 1. The minimum atomic E-state index is -5.08. The van der Waals surface area contributed by atoms with Crippen LogP contribution in [0.25, 0.3) is 11.3 Å². The molecule has 2 aromatic carbocycles. The molecule has 1 aromatic heterocycles. The van der Waals surface area contributed by atoms with Crippen LogP contribution in [0.5, 0.6) is 17.2 Å². The summed E-state index contributed by atoms with van der Waals surface area (Å²) in [6.07, 6.45) is -4.26. The first kappa shape index (κ1) is 25.1. The summed E-state index contributed by atoms with van der Waals surface area (Å²) in [4.78, 5) is 29.6. The standard InChI is InChI=1S/C20H18N4O4.C2HF3O2/c1-26-17-10-12(13-8-9-22-20(21)24-13)6-7-14(17)23-19(25)18-11-27-15-4-2-3-5-16(15)28-18;3-2(4,5)1(6)7/h2-10,18H,11H2,1H3,(H,23,25)(H2,21,22,24);(H,6,7)/t18-;/m1./s1. The number of anilines is 2. The molecule has 0 saturated carbocycles. The van der Waals surface area contributed by atoms with Crippen LogP contribution in [0.3, 0.4) is 0 Å². The molecule has 10 nitrogen and oxygen atoms in total. The highest BCUT2D eigenvalue weighted by atomic mass is 19.4. The third kappa shape index (κ3) is 6.50. The molecule has 0 unspecified atom stereocenters. The van der Waals surface area contributed by atoms with Gasteiger partial charge >= 0.3 is 12.1 Å². The normalized spacial score (nSPS) is 14.2. The molecule has 4 N–H and O–H groups in total. The number of carbonyl (C=O) groups excluding carboxylic acids is 1. The number of methoxy groups -OCH3 is 1. The molecule has 0 fully saturated rings. The average Bonchev–Trinajstić information content (AvgIpc) is 2.83. The van der Waals surface area contributed by atoms with E-state index in [1.165, 1.54) is 7.11 Å². The second kappa shape index (κ2) is 10.6. The molecule has 0 aliphatic carbocycles. The van der Waals surface area contributed by atoms with Gasteiger partial charge in [-0.05, 0) is 30.3 Å². The lowest BCUT2D eigenvalue weighted by molar-refractivity contribution is -0.192. The van der Waals surface area contributed by atoms with Gasteiger partial charge in [-0.1, -0.05) is 18.2 Å². The van der Waals surface area contributed by atoms with E-state index in [0.717, 1.165) is 5.56 Å². The number of carbonyl (C=O) groups is 2. The number of aliphatic carboxylic acids is 1. The third-order valence-electron chi connectivity index (χ3n) is 4.47. The van der Waals surface area contributed by atoms with E-state index in [2.05, 4.69) is 15.3 Å². The number of alkyl halides is 3. The number of aromatic nitrogens is 2. The van der Waals surface area contributed by atoms with E-state index >= 15 is 0 Å². The number of halogens is 3. The Bertz CT molecular complexity index is 1220. The number of ether oxygens (including phenoxy) is 3. The van der Waals surface area contributed by atoms with E-state index in [1.807, 2.05) is 18.2 Å². The quantitative estimate of drug-likeness (QED) is 0.500. The predicted molar refractivity (Wildman–Crippen MR) is 117 cm³/mol. The lowest BCUT2D eigenvalue weighted by Gasteiger charge is -2.25. The molecular weight excluding hydrogens is 473 g/mol. The molecule has 1 aliphatic heterocycles. The van der Waals surface area contributed by atoms with Crippen molar-refractivity contribution >= 4 is 23.5 Å². The Morgan fingerprint density at radius 1 is 1.17 bits per heavy atom. The summed E-state index contributed by atoms with van der Waals surface area (Å²) in [6, 6.07) is 14.3.